The number of benzene rings is 1. The summed E-state index contributed by atoms with van der Waals surface area (Å²) in [5.74, 6) is 0.143. The van der Waals surface area contributed by atoms with Crippen LogP contribution in [0.1, 0.15) is 16.1 Å². The van der Waals surface area contributed by atoms with Gasteiger partial charge in [0.25, 0.3) is 5.91 Å². The molecule has 2 aromatic rings. The van der Waals surface area contributed by atoms with Gasteiger partial charge in [-0.25, -0.2) is 14.8 Å². The highest BCUT2D eigenvalue weighted by atomic mass is 16.5. The number of rotatable bonds is 8. The number of aromatic nitrogens is 2. The lowest BCUT2D eigenvalue weighted by molar-refractivity contribution is -0.130. The van der Waals surface area contributed by atoms with E-state index < -0.39 is 5.97 Å². The molecule has 0 unspecified atom stereocenters. The minimum Gasteiger partial charge on any atom is -0.493 e. The first-order valence-electron chi connectivity index (χ1n) is 7.69. The summed E-state index contributed by atoms with van der Waals surface area (Å²) < 4.78 is 10.8. The van der Waals surface area contributed by atoms with Crippen LogP contribution in [0.15, 0.2) is 30.6 Å². The van der Waals surface area contributed by atoms with Crippen molar-refractivity contribution in [3.63, 3.8) is 0 Å². The summed E-state index contributed by atoms with van der Waals surface area (Å²) in [6.07, 6.45) is 2.54. The number of amides is 1. The van der Waals surface area contributed by atoms with Crippen molar-refractivity contribution in [2.75, 3.05) is 33.1 Å². The van der Waals surface area contributed by atoms with Crippen LogP contribution in [0.4, 0.5) is 5.82 Å². The second-order valence-corrected chi connectivity index (χ2v) is 5.51. The Morgan fingerprint density at radius 3 is 2.54 bits per heavy atom. The number of carboxylic acid groups (broad SMARTS) is 1. The first-order valence-corrected chi connectivity index (χ1v) is 7.69. The lowest BCUT2D eigenvalue weighted by Gasteiger charge is -2.14. The number of anilines is 1. The number of ether oxygens (including phenoxy) is 2. The molecule has 0 saturated heterocycles. The fraction of sp³-hybridized carbons (Fsp3) is 0.294. The van der Waals surface area contributed by atoms with Gasteiger partial charge in [-0.3, -0.25) is 4.79 Å². The van der Waals surface area contributed by atoms with Gasteiger partial charge in [-0.2, -0.15) is 0 Å². The van der Waals surface area contributed by atoms with E-state index in [1.165, 1.54) is 24.4 Å². The van der Waals surface area contributed by atoms with Crippen molar-refractivity contribution < 1.29 is 24.2 Å². The molecule has 1 aromatic carbocycles. The predicted molar refractivity (Wildman–Crippen MR) is 93.5 cm³/mol. The van der Waals surface area contributed by atoms with Crippen molar-refractivity contribution in [1.29, 1.82) is 0 Å². The highest BCUT2D eigenvalue weighted by molar-refractivity contribution is 5.84. The van der Waals surface area contributed by atoms with Gasteiger partial charge in [0.15, 0.2) is 23.8 Å². The number of aromatic carboxylic acids is 1. The van der Waals surface area contributed by atoms with E-state index in [1.54, 1.807) is 26.2 Å². The smallest absolute Gasteiger partial charge is 0.356 e. The average Bonchev–Trinajstić information content (AvgIpc) is 2.64. The predicted octanol–water partition coefficient (Wildman–Crippen LogP) is 1.26. The Balaban J connectivity index is 1.99. The van der Waals surface area contributed by atoms with Gasteiger partial charge in [-0.15, -0.1) is 0 Å². The number of hydrogen-bond donors (Lipinski definition) is 2. The monoisotopic (exact) mass is 360 g/mol. The van der Waals surface area contributed by atoms with E-state index in [2.05, 4.69) is 15.3 Å². The second kappa shape index (κ2) is 8.65. The molecule has 1 aromatic heterocycles. The fourth-order valence-corrected chi connectivity index (χ4v) is 1.93. The maximum absolute atomic E-state index is 11.6. The summed E-state index contributed by atoms with van der Waals surface area (Å²) in [6, 6.07) is 5.32. The molecule has 138 valence electrons. The second-order valence-electron chi connectivity index (χ2n) is 5.51. The van der Waals surface area contributed by atoms with Gasteiger partial charge < -0.3 is 24.8 Å². The number of carbonyl (C=O) groups is 2. The van der Waals surface area contributed by atoms with Crippen LogP contribution >= 0.6 is 0 Å². The number of carbonyl (C=O) groups excluding carboxylic acids is 1. The molecule has 1 amide bonds. The highest BCUT2D eigenvalue weighted by Crippen LogP contribution is 2.28. The summed E-state index contributed by atoms with van der Waals surface area (Å²) in [4.78, 5) is 31.6. The molecule has 9 nitrogen and oxygen atoms in total. The Morgan fingerprint density at radius 1 is 1.19 bits per heavy atom. The van der Waals surface area contributed by atoms with Crippen molar-refractivity contribution in [3.8, 4) is 11.5 Å². The van der Waals surface area contributed by atoms with Gasteiger partial charge in [0.2, 0.25) is 0 Å². The van der Waals surface area contributed by atoms with Gasteiger partial charge in [-0.05, 0) is 17.7 Å². The van der Waals surface area contributed by atoms with Gasteiger partial charge in [-0.1, -0.05) is 6.07 Å². The molecule has 0 fully saturated rings. The molecule has 2 rings (SSSR count). The van der Waals surface area contributed by atoms with Crippen LogP contribution in [-0.4, -0.2) is 59.7 Å². The quantitative estimate of drug-likeness (QED) is 0.723. The number of hydrogen-bond acceptors (Lipinski definition) is 7. The van der Waals surface area contributed by atoms with Crippen LogP contribution in [0.25, 0.3) is 0 Å². The molecule has 9 heteroatoms. The molecule has 26 heavy (non-hydrogen) atoms. The van der Waals surface area contributed by atoms with Crippen molar-refractivity contribution in [2.45, 2.75) is 6.54 Å². The zero-order chi connectivity index (χ0) is 19.1. The van der Waals surface area contributed by atoms with Crippen LogP contribution in [0.5, 0.6) is 11.5 Å². The third-order valence-electron chi connectivity index (χ3n) is 3.42. The molecule has 1 heterocycles. The van der Waals surface area contributed by atoms with Crippen molar-refractivity contribution in [3.05, 3.63) is 41.9 Å². The summed E-state index contributed by atoms with van der Waals surface area (Å²) in [5, 5.41) is 11.8. The van der Waals surface area contributed by atoms with E-state index >= 15 is 0 Å². The SMILES string of the molecule is COc1cc(CNc2cnc(C(=O)O)cn2)ccc1OCC(=O)N(C)C. The van der Waals surface area contributed by atoms with E-state index in [9.17, 15) is 9.59 Å². The Bertz CT molecular complexity index is 777. The summed E-state index contributed by atoms with van der Waals surface area (Å²) in [6.45, 7) is 0.348. The molecule has 0 radical (unpaired) electrons. The molecule has 0 aliphatic heterocycles. The molecule has 0 aliphatic rings. The summed E-state index contributed by atoms with van der Waals surface area (Å²) >= 11 is 0. The summed E-state index contributed by atoms with van der Waals surface area (Å²) in [7, 11) is 4.83. The molecule has 0 bridgehead atoms. The van der Waals surface area contributed by atoms with E-state index in [1.807, 2.05) is 6.07 Å². The van der Waals surface area contributed by atoms with Crippen LogP contribution in [-0.2, 0) is 11.3 Å². The van der Waals surface area contributed by atoms with Crippen LogP contribution in [0, 0.1) is 0 Å². The average molecular weight is 360 g/mol. The number of methoxy groups -OCH3 is 1. The summed E-state index contributed by atoms with van der Waals surface area (Å²) in [5.41, 5.74) is 0.767. The van der Waals surface area contributed by atoms with Crippen LogP contribution in [0.3, 0.4) is 0 Å². The molecular weight excluding hydrogens is 340 g/mol. The van der Waals surface area contributed by atoms with Crippen molar-refractivity contribution in [1.82, 2.24) is 14.9 Å². The highest BCUT2D eigenvalue weighted by Gasteiger charge is 2.10. The minimum absolute atomic E-state index is 0.0769. The molecule has 2 N–H and O–H groups in total. The standard InChI is InChI=1S/C17H20N4O5/c1-21(2)16(22)10-26-13-5-4-11(6-14(13)25-3)7-19-15-9-18-12(8-20-15)17(23)24/h4-6,8-9H,7,10H2,1-3H3,(H,19,20)(H,23,24). The lowest BCUT2D eigenvalue weighted by Crippen LogP contribution is -2.27. The van der Waals surface area contributed by atoms with Gasteiger partial charge in [0.1, 0.15) is 5.82 Å². The normalized spacial score (nSPS) is 10.1. The Labute approximate surface area is 150 Å². The number of likely N-dealkylation sites (N-methyl/N-ethyl adjacent to an activating group) is 1. The third-order valence-corrected chi connectivity index (χ3v) is 3.42. The topological polar surface area (TPSA) is 114 Å². The van der Waals surface area contributed by atoms with Gasteiger partial charge >= 0.3 is 5.97 Å². The molecule has 0 spiro atoms. The van der Waals surface area contributed by atoms with E-state index in [0.717, 1.165) is 5.56 Å². The first-order chi connectivity index (χ1) is 12.4. The molecule has 0 aliphatic carbocycles. The maximum atomic E-state index is 11.6. The van der Waals surface area contributed by atoms with Crippen LogP contribution < -0.4 is 14.8 Å². The zero-order valence-electron chi connectivity index (χ0n) is 14.7. The molecule has 0 atom stereocenters. The van der Waals surface area contributed by atoms with Gasteiger partial charge in [0.05, 0.1) is 19.5 Å². The first kappa shape index (κ1) is 19.0. The number of nitrogens with one attached hydrogen (secondary N) is 1. The number of carboxylic acids is 1. The van der Waals surface area contributed by atoms with E-state index in [0.29, 0.717) is 23.9 Å². The Kier molecular flexibility index (Phi) is 6.31. The molecule has 0 saturated carbocycles. The Morgan fingerprint density at radius 2 is 1.96 bits per heavy atom. The lowest BCUT2D eigenvalue weighted by atomic mass is 10.2. The van der Waals surface area contributed by atoms with E-state index in [-0.39, 0.29) is 18.2 Å². The van der Waals surface area contributed by atoms with Gasteiger partial charge in [0, 0.05) is 20.6 Å². The zero-order valence-corrected chi connectivity index (χ0v) is 14.7. The third kappa shape index (κ3) is 5.07. The maximum Gasteiger partial charge on any atom is 0.356 e. The molecular formula is C17H20N4O5. The van der Waals surface area contributed by atoms with E-state index in [4.69, 9.17) is 14.6 Å². The van der Waals surface area contributed by atoms with Crippen molar-refractivity contribution >= 4 is 17.7 Å². The largest absolute Gasteiger partial charge is 0.493 e. The minimum atomic E-state index is -1.13. The Hall–Kier alpha value is -3.36. The van der Waals surface area contributed by atoms with Crippen LogP contribution in [0.2, 0.25) is 0 Å². The fourth-order valence-electron chi connectivity index (χ4n) is 1.93. The van der Waals surface area contributed by atoms with Crippen molar-refractivity contribution in [2.24, 2.45) is 0 Å². The number of nitrogens with zero attached hydrogens (tertiary/aromatic N) is 3.